The molecule has 1 aromatic rings. The molecule has 2 saturated heterocycles. The van der Waals surface area contributed by atoms with Gasteiger partial charge in [0.25, 0.3) is 0 Å². The summed E-state index contributed by atoms with van der Waals surface area (Å²) in [7, 11) is 0. The highest BCUT2D eigenvalue weighted by Crippen LogP contribution is 2.24. The number of Topliss-reactive ketones (excluding diaryl/α,β-unsaturated/α-hetero) is 1. The van der Waals surface area contributed by atoms with Crippen LogP contribution in [0.4, 0.5) is 0 Å². The number of ketones is 1. The summed E-state index contributed by atoms with van der Waals surface area (Å²) in [6.45, 7) is 3.77. The van der Waals surface area contributed by atoms with Crippen molar-refractivity contribution in [3.8, 4) is 0 Å². The van der Waals surface area contributed by atoms with Crippen LogP contribution in [0.15, 0.2) is 18.2 Å². The molecular formula is C23H30N2O4. The quantitative estimate of drug-likeness (QED) is 0.714. The van der Waals surface area contributed by atoms with Gasteiger partial charge in [0, 0.05) is 50.5 Å². The molecule has 0 aromatic heterocycles. The molecular weight excluding hydrogens is 368 g/mol. The number of hydrogen-bond acceptors (Lipinski definition) is 4. The van der Waals surface area contributed by atoms with Gasteiger partial charge in [0.15, 0.2) is 5.78 Å². The zero-order valence-corrected chi connectivity index (χ0v) is 17.0. The predicted molar refractivity (Wildman–Crippen MR) is 109 cm³/mol. The maximum Gasteiger partial charge on any atom is 0.225 e. The zero-order chi connectivity index (χ0) is 20.2. The molecule has 2 fully saturated rings. The molecule has 156 valence electrons. The van der Waals surface area contributed by atoms with Crippen LogP contribution >= 0.6 is 0 Å². The van der Waals surface area contributed by atoms with Crippen molar-refractivity contribution in [3.63, 3.8) is 0 Å². The van der Waals surface area contributed by atoms with Gasteiger partial charge in [-0.05, 0) is 49.3 Å². The topological polar surface area (TPSA) is 66.9 Å². The van der Waals surface area contributed by atoms with Crippen LogP contribution in [-0.2, 0) is 27.2 Å². The Morgan fingerprint density at radius 1 is 0.897 bits per heavy atom. The molecule has 0 atom stereocenters. The Morgan fingerprint density at radius 3 is 2.38 bits per heavy atom. The number of fused-ring (bicyclic) bond motifs is 1. The van der Waals surface area contributed by atoms with Gasteiger partial charge in [-0.1, -0.05) is 12.1 Å². The molecule has 2 aliphatic heterocycles. The molecule has 0 unspecified atom stereocenters. The second-order valence-electron chi connectivity index (χ2n) is 8.35. The van der Waals surface area contributed by atoms with Crippen LogP contribution in [0.5, 0.6) is 0 Å². The summed E-state index contributed by atoms with van der Waals surface area (Å²) < 4.78 is 5.31. The molecule has 2 amide bonds. The van der Waals surface area contributed by atoms with Crippen LogP contribution in [-0.4, -0.2) is 66.8 Å². The smallest absolute Gasteiger partial charge is 0.225 e. The van der Waals surface area contributed by atoms with Gasteiger partial charge in [0.2, 0.25) is 11.8 Å². The average molecular weight is 399 g/mol. The van der Waals surface area contributed by atoms with Crippen LogP contribution in [0.3, 0.4) is 0 Å². The number of amides is 2. The van der Waals surface area contributed by atoms with Gasteiger partial charge >= 0.3 is 0 Å². The molecule has 0 bridgehead atoms. The number of likely N-dealkylation sites (tertiary alicyclic amines) is 1. The molecule has 0 radical (unpaired) electrons. The van der Waals surface area contributed by atoms with Crippen LogP contribution in [0.1, 0.15) is 53.6 Å². The molecule has 0 saturated carbocycles. The molecule has 4 rings (SSSR count). The van der Waals surface area contributed by atoms with E-state index >= 15 is 0 Å². The third-order valence-electron chi connectivity index (χ3n) is 6.51. The molecule has 1 aliphatic carbocycles. The van der Waals surface area contributed by atoms with Crippen molar-refractivity contribution < 1.29 is 19.1 Å². The van der Waals surface area contributed by atoms with E-state index in [0.29, 0.717) is 52.2 Å². The van der Waals surface area contributed by atoms with Crippen molar-refractivity contribution in [2.24, 2.45) is 5.92 Å². The van der Waals surface area contributed by atoms with E-state index < -0.39 is 0 Å². The van der Waals surface area contributed by atoms with E-state index in [9.17, 15) is 14.4 Å². The maximum absolute atomic E-state index is 12.6. The van der Waals surface area contributed by atoms with E-state index in [4.69, 9.17) is 4.74 Å². The van der Waals surface area contributed by atoms with Crippen molar-refractivity contribution in [2.45, 2.75) is 44.9 Å². The summed E-state index contributed by atoms with van der Waals surface area (Å²) in [4.78, 5) is 41.4. The minimum atomic E-state index is 0.00481. The number of benzene rings is 1. The molecule has 3 aliphatic rings. The highest BCUT2D eigenvalue weighted by Gasteiger charge is 2.30. The normalized spacial score (nSPS) is 19.9. The Bertz CT molecular complexity index is 777. The first-order chi connectivity index (χ1) is 14.1. The Kier molecular flexibility index (Phi) is 6.28. The largest absolute Gasteiger partial charge is 0.378 e. The number of ether oxygens (including phenoxy) is 1. The third kappa shape index (κ3) is 4.69. The number of carbonyl (C=O) groups is 3. The highest BCUT2D eigenvalue weighted by molar-refractivity contribution is 5.98. The lowest BCUT2D eigenvalue weighted by Crippen LogP contribution is -2.47. The van der Waals surface area contributed by atoms with Crippen molar-refractivity contribution in [2.75, 3.05) is 39.4 Å². The van der Waals surface area contributed by atoms with E-state index in [0.717, 1.165) is 24.8 Å². The van der Waals surface area contributed by atoms with Crippen LogP contribution in [0.25, 0.3) is 0 Å². The van der Waals surface area contributed by atoms with Gasteiger partial charge in [-0.15, -0.1) is 0 Å². The number of morpholine rings is 1. The van der Waals surface area contributed by atoms with Gasteiger partial charge in [-0.25, -0.2) is 0 Å². The van der Waals surface area contributed by atoms with Crippen LogP contribution < -0.4 is 0 Å². The number of rotatable bonds is 5. The van der Waals surface area contributed by atoms with E-state index in [2.05, 4.69) is 6.07 Å². The first-order valence-corrected chi connectivity index (χ1v) is 10.9. The molecule has 2 heterocycles. The van der Waals surface area contributed by atoms with Gasteiger partial charge in [0.1, 0.15) is 0 Å². The molecule has 6 nitrogen and oxygen atoms in total. The Balaban J connectivity index is 1.22. The average Bonchev–Trinajstić information content (AvgIpc) is 3.25. The summed E-state index contributed by atoms with van der Waals surface area (Å²) in [6.07, 6.45) is 5.24. The molecule has 0 N–H and O–H groups in total. The standard InChI is InChI=1S/C23H30N2O4/c26-21(20-5-4-17-2-1-3-19(17)16-20)6-7-22(27)24-10-8-18(9-11-24)23(28)25-12-14-29-15-13-25/h4-5,16,18H,1-3,6-15H2. The fraction of sp³-hybridized carbons (Fsp3) is 0.609. The van der Waals surface area contributed by atoms with E-state index in [1.807, 2.05) is 21.9 Å². The molecule has 0 spiro atoms. The fourth-order valence-corrected chi connectivity index (χ4v) is 4.69. The molecule has 1 aromatic carbocycles. The second kappa shape index (κ2) is 9.08. The minimum Gasteiger partial charge on any atom is -0.378 e. The highest BCUT2D eigenvalue weighted by atomic mass is 16.5. The fourth-order valence-electron chi connectivity index (χ4n) is 4.69. The minimum absolute atomic E-state index is 0.00481. The van der Waals surface area contributed by atoms with E-state index in [1.165, 1.54) is 11.1 Å². The molecule has 29 heavy (non-hydrogen) atoms. The Labute approximate surface area is 172 Å². The van der Waals surface area contributed by atoms with Crippen molar-refractivity contribution in [1.29, 1.82) is 0 Å². The zero-order valence-electron chi connectivity index (χ0n) is 17.0. The summed E-state index contributed by atoms with van der Waals surface area (Å²) in [5.41, 5.74) is 3.37. The first-order valence-electron chi connectivity index (χ1n) is 10.9. The second-order valence-corrected chi connectivity index (χ2v) is 8.35. The summed E-state index contributed by atoms with van der Waals surface area (Å²) >= 11 is 0. The van der Waals surface area contributed by atoms with Crippen molar-refractivity contribution in [1.82, 2.24) is 9.80 Å². The van der Waals surface area contributed by atoms with Crippen molar-refractivity contribution >= 4 is 17.6 Å². The lowest BCUT2D eigenvalue weighted by molar-refractivity contribution is -0.143. The summed E-state index contributed by atoms with van der Waals surface area (Å²) in [5, 5.41) is 0. The van der Waals surface area contributed by atoms with Crippen molar-refractivity contribution in [3.05, 3.63) is 34.9 Å². The molecule has 6 heteroatoms. The third-order valence-corrected chi connectivity index (χ3v) is 6.51. The van der Waals surface area contributed by atoms with Crippen LogP contribution in [0, 0.1) is 5.92 Å². The number of carbonyl (C=O) groups excluding carboxylic acids is 3. The lowest BCUT2D eigenvalue weighted by atomic mass is 9.94. The number of hydrogen-bond donors (Lipinski definition) is 0. The number of aryl methyl sites for hydroxylation is 2. The summed E-state index contributed by atoms with van der Waals surface area (Å²) in [5.74, 6) is 0.277. The SMILES string of the molecule is O=C(CCC(=O)N1CCC(C(=O)N2CCOCC2)CC1)c1ccc2c(c1)CCC2. The van der Waals surface area contributed by atoms with Gasteiger partial charge in [-0.3, -0.25) is 14.4 Å². The maximum atomic E-state index is 12.6. The Hall–Kier alpha value is -2.21. The van der Waals surface area contributed by atoms with Gasteiger partial charge in [-0.2, -0.15) is 0 Å². The van der Waals surface area contributed by atoms with Gasteiger partial charge < -0.3 is 14.5 Å². The Morgan fingerprint density at radius 2 is 1.62 bits per heavy atom. The number of piperidine rings is 1. The lowest BCUT2D eigenvalue weighted by Gasteiger charge is -2.35. The monoisotopic (exact) mass is 398 g/mol. The van der Waals surface area contributed by atoms with Gasteiger partial charge in [0.05, 0.1) is 13.2 Å². The van der Waals surface area contributed by atoms with E-state index in [-0.39, 0.29) is 36.4 Å². The first kappa shape index (κ1) is 20.1. The number of nitrogens with zero attached hydrogens (tertiary/aromatic N) is 2. The predicted octanol–water partition coefficient (Wildman–Crippen LogP) is 2.24. The van der Waals surface area contributed by atoms with Crippen LogP contribution in [0.2, 0.25) is 0 Å². The van der Waals surface area contributed by atoms with E-state index in [1.54, 1.807) is 0 Å². The summed E-state index contributed by atoms with van der Waals surface area (Å²) in [6, 6.07) is 5.98.